The minimum absolute atomic E-state index is 0.0256. The lowest BCUT2D eigenvalue weighted by molar-refractivity contribution is -0.137. The van der Waals surface area contributed by atoms with Crippen LogP contribution in [-0.4, -0.2) is 37.7 Å². The van der Waals surface area contributed by atoms with Gasteiger partial charge in [0.2, 0.25) is 0 Å². The molecule has 0 aliphatic rings. The number of hydrogen-bond donors (Lipinski definition) is 3. The van der Waals surface area contributed by atoms with Gasteiger partial charge in [0.05, 0.1) is 12.3 Å². The summed E-state index contributed by atoms with van der Waals surface area (Å²) in [5, 5.41) is 33.9. The smallest absolute Gasteiger partial charge is 0.330 e. The van der Waals surface area contributed by atoms with Crippen LogP contribution in [0.3, 0.4) is 0 Å². The maximum atomic E-state index is 11.6. The highest BCUT2D eigenvalue weighted by atomic mass is 16.5. The predicted octanol–water partition coefficient (Wildman–Crippen LogP) is 3.23. The van der Waals surface area contributed by atoms with Gasteiger partial charge in [0.1, 0.15) is 22.9 Å². The molecule has 0 radical (unpaired) electrons. The van der Waals surface area contributed by atoms with Gasteiger partial charge in [0.15, 0.2) is 0 Å². The third kappa shape index (κ3) is 4.09. The Labute approximate surface area is 155 Å². The summed E-state index contributed by atoms with van der Waals surface area (Å²) in [7, 11) is 0. The first kappa shape index (κ1) is 18.1. The molecule has 0 aliphatic carbocycles. The molecule has 1 aromatic heterocycles. The van der Waals surface area contributed by atoms with Crippen molar-refractivity contribution < 1.29 is 24.9 Å². The Morgan fingerprint density at radius 3 is 2.52 bits per heavy atom. The van der Waals surface area contributed by atoms with Crippen LogP contribution in [0.2, 0.25) is 0 Å². The van der Waals surface area contributed by atoms with Gasteiger partial charge in [0, 0.05) is 23.4 Å². The highest BCUT2D eigenvalue weighted by Crippen LogP contribution is 2.34. The molecule has 0 fully saturated rings. The first-order valence-electron chi connectivity index (χ1n) is 8.24. The van der Waals surface area contributed by atoms with Crippen molar-refractivity contribution in [1.29, 1.82) is 0 Å². The average molecular weight is 366 g/mol. The van der Waals surface area contributed by atoms with Gasteiger partial charge in [-0.1, -0.05) is 0 Å². The summed E-state index contributed by atoms with van der Waals surface area (Å²) in [5.74, 6) is -0.461. The third-order valence-corrected chi connectivity index (χ3v) is 3.78. The van der Waals surface area contributed by atoms with E-state index in [0.717, 1.165) is 0 Å². The predicted molar refractivity (Wildman–Crippen MR) is 99.7 cm³/mol. The standard InChI is InChI=1S/C20H18N2O5/c1-2-27-19(26)10-3-13-12-22(14-4-6-15(23)7-5-14)21-20(13)17-11-16(24)8-9-18(17)25/h3-12,23-25H,2H2,1H3/b10-3+. The highest BCUT2D eigenvalue weighted by molar-refractivity contribution is 5.89. The molecule has 3 N–H and O–H groups in total. The van der Waals surface area contributed by atoms with E-state index in [9.17, 15) is 20.1 Å². The number of aromatic hydroxyl groups is 3. The maximum absolute atomic E-state index is 11.6. The van der Waals surface area contributed by atoms with Gasteiger partial charge in [-0.15, -0.1) is 0 Å². The molecule has 138 valence electrons. The molecule has 0 saturated heterocycles. The summed E-state index contributed by atoms with van der Waals surface area (Å²) in [6, 6.07) is 10.5. The lowest BCUT2D eigenvalue weighted by Gasteiger charge is -2.04. The number of nitrogens with zero attached hydrogens (tertiary/aromatic N) is 2. The molecule has 2 aromatic carbocycles. The second kappa shape index (κ2) is 7.65. The molecular formula is C20H18N2O5. The SMILES string of the molecule is CCOC(=O)/C=C/c1cn(-c2ccc(O)cc2)nc1-c1cc(O)ccc1O. The van der Waals surface area contributed by atoms with Crippen LogP contribution in [0.4, 0.5) is 0 Å². The van der Waals surface area contributed by atoms with Gasteiger partial charge in [-0.2, -0.15) is 5.10 Å². The average Bonchev–Trinajstić information content (AvgIpc) is 3.07. The number of rotatable bonds is 5. The van der Waals surface area contributed by atoms with Crippen LogP contribution in [-0.2, 0) is 9.53 Å². The molecule has 27 heavy (non-hydrogen) atoms. The van der Waals surface area contributed by atoms with E-state index in [1.165, 1.54) is 42.5 Å². The topological polar surface area (TPSA) is 105 Å². The molecule has 0 aliphatic heterocycles. The van der Waals surface area contributed by atoms with Gasteiger partial charge in [-0.3, -0.25) is 0 Å². The molecule has 0 saturated carbocycles. The summed E-state index contributed by atoms with van der Waals surface area (Å²) in [4.78, 5) is 11.6. The van der Waals surface area contributed by atoms with E-state index in [1.807, 2.05) is 0 Å². The number of carbonyl (C=O) groups excluding carboxylic acids is 1. The zero-order chi connectivity index (χ0) is 19.4. The lowest BCUT2D eigenvalue weighted by atomic mass is 10.1. The molecule has 0 atom stereocenters. The highest BCUT2D eigenvalue weighted by Gasteiger charge is 2.15. The molecular weight excluding hydrogens is 348 g/mol. The summed E-state index contributed by atoms with van der Waals surface area (Å²) in [5.41, 5.74) is 1.90. The molecule has 0 unspecified atom stereocenters. The van der Waals surface area contributed by atoms with E-state index < -0.39 is 5.97 Å². The second-order valence-corrected chi connectivity index (χ2v) is 5.68. The van der Waals surface area contributed by atoms with E-state index in [-0.39, 0.29) is 23.9 Å². The van der Waals surface area contributed by atoms with Crippen molar-refractivity contribution in [1.82, 2.24) is 9.78 Å². The normalized spacial score (nSPS) is 11.0. The summed E-state index contributed by atoms with van der Waals surface area (Å²) in [6.07, 6.45) is 4.46. The van der Waals surface area contributed by atoms with Crippen molar-refractivity contribution in [2.24, 2.45) is 0 Å². The molecule has 7 heteroatoms. The van der Waals surface area contributed by atoms with Crippen LogP contribution < -0.4 is 0 Å². The van der Waals surface area contributed by atoms with Crippen LogP contribution in [0.5, 0.6) is 17.2 Å². The number of ether oxygens (including phenoxy) is 1. The number of phenols is 3. The molecule has 3 aromatic rings. The van der Waals surface area contributed by atoms with E-state index in [4.69, 9.17) is 4.74 Å². The van der Waals surface area contributed by atoms with Crippen molar-refractivity contribution >= 4 is 12.0 Å². The summed E-state index contributed by atoms with van der Waals surface area (Å²) < 4.78 is 6.43. The second-order valence-electron chi connectivity index (χ2n) is 5.68. The van der Waals surface area contributed by atoms with Crippen LogP contribution >= 0.6 is 0 Å². The van der Waals surface area contributed by atoms with Crippen molar-refractivity contribution in [3.63, 3.8) is 0 Å². The van der Waals surface area contributed by atoms with Crippen molar-refractivity contribution in [2.75, 3.05) is 6.61 Å². The van der Waals surface area contributed by atoms with Crippen molar-refractivity contribution in [3.8, 4) is 34.2 Å². The molecule has 1 heterocycles. The minimum Gasteiger partial charge on any atom is -0.508 e. The zero-order valence-electron chi connectivity index (χ0n) is 14.5. The lowest BCUT2D eigenvalue weighted by Crippen LogP contribution is -1.98. The van der Waals surface area contributed by atoms with Crippen LogP contribution in [0.15, 0.2) is 54.7 Å². The zero-order valence-corrected chi connectivity index (χ0v) is 14.5. The number of carbonyl (C=O) groups is 1. The largest absolute Gasteiger partial charge is 0.508 e. The van der Waals surface area contributed by atoms with E-state index in [2.05, 4.69) is 5.10 Å². The Morgan fingerprint density at radius 2 is 1.81 bits per heavy atom. The van der Waals surface area contributed by atoms with E-state index >= 15 is 0 Å². The monoisotopic (exact) mass is 366 g/mol. The molecule has 3 rings (SSSR count). The summed E-state index contributed by atoms with van der Waals surface area (Å²) in [6.45, 7) is 1.97. The summed E-state index contributed by atoms with van der Waals surface area (Å²) >= 11 is 0. The molecule has 0 amide bonds. The number of aromatic nitrogens is 2. The molecule has 0 spiro atoms. The molecule has 7 nitrogen and oxygen atoms in total. The number of esters is 1. The Balaban J connectivity index is 2.10. The van der Waals surface area contributed by atoms with Crippen LogP contribution in [0, 0.1) is 0 Å². The minimum atomic E-state index is -0.499. The first-order chi connectivity index (χ1) is 13.0. The van der Waals surface area contributed by atoms with Gasteiger partial charge < -0.3 is 20.1 Å². The Bertz CT molecular complexity index is 990. The van der Waals surface area contributed by atoms with Gasteiger partial charge in [-0.25, -0.2) is 9.48 Å². The Hall–Kier alpha value is -3.74. The fraction of sp³-hybridized carbons (Fsp3) is 0.100. The quantitative estimate of drug-likeness (QED) is 0.364. The Morgan fingerprint density at radius 1 is 1.11 bits per heavy atom. The van der Waals surface area contributed by atoms with Gasteiger partial charge in [0.25, 0.3) is 0 Å². The first-order valence-corrected chi connectivity index (χ1v) is 8.24. The number of phenolic OH excluding ortho intramolecular Hbond substituents is 3. The molecule has 0 bridgehead atoms. The fourth-order valence-electron chi connectivity index (χ4n) is 2.52. The Kier molecular flexibility index (Phi) is 5.12. The number of hydrogen-bond acceptors (Lipinski definition) is 6. The van der Waals surface area contributed by atoms with Gasteiger partial charge in [-0.05, 0) is 55.5 Å². The number of benzene rings is 2. The van der Waals surface area contributed by atoms with E-state index in [0.29, 0.717) is 22.5 Å². The van der Waals surface area contributed by atoms with Crippen LogP contribution in [0.25, 0.3) is 23.0 Å². The van der Waals surface area contributed by atoms with Crippen molar-refractivity contribution in [2.45, 2.75) is 6.92 Å². The third-order valence-electron chi connectivity index (χ3n) is 3.78. The van der Waals surface area contributed by atoms with E-state index in [1.54, 1.807) is 29.9 Å². The fourth-order valence-corrected chi connectivity index (χ4v) is 2.52. The maximum Gasteiger partial charge on any atom is 0.330 e. The van der Waals surface area contributed by atoms with Crippen LogP contribution in [0.1, 0.15) is 12.5 Å². The van der Waals surface area contributed by atoms with Crippen molar-refractivity contribution in [3.05, 3.63) is 60.3 Å². The van der Waals surface area contributed by atoms with Gasteiger partial charge >= 0.3 is 5.97 Å².